The fourth-order valence-electron chi connectivity index (χ4n) is 2.81. The van der Waals surface area contributed by atoms with Gasteiger partial charge in [-0.25, -0.2) is 4.39 Å². The lowest BCUT2D eigenvalue weighted by Gasteiger charge is -2.05. The Morgan fingerprint density at radius 1 is 1.38 bits per heavy atom. The Balaban J connectivity index is 1.70. The maximum Gasteiger partial charge on any atom is 0.261 e. The van der Waals surface area contributed by atoms with E-state index in [4.69, 9.17) is 11.6 Å². The molecule has 0 aliphatic carbocycles. The van der Waals surface area contributed by atoms with E-state index >= 15 is 0 Å². The number of aryl methyl sites for hydroxylation is 2. The lowest BCUT2D eigenvalue weighted by Crippen LogP contribution is -2.24. The average Bonchev–Trinajstić information content (AvgIpc) is 3.17. The van der Waals surface area contributed by atoms with Gasteiger partial charge in [0, 0.05) is 18.7 Å². The fourth-order valence-corrected chi connectivity index (χ4v) is 4.01. The van der Waals surface area contributed by atoms with Crippen LogP contribution < -0.4 is 5.32 Å². The van der Waals surface area contributed by atoms with Gasteiger partial charge >= 0.3 is 0 Å². The molecule has 0 bridgehead atoms. The van der Waals surface area contributed by atoms with Crippen molar-refractivity contribution in [3.8, 4) is 11.3 Å². The van der Waals surface area contributed by atoms with E-state index in [-0.39, 0.29) is 11.7 Å². The summed E-state index contributed by atoms with van der Waals surface area (Å²) in [7, 11) is 0. The Kier molecular flexibility index (Phi) is 5.74. The first-order valence-corrected chi connectivity index (χ1v) is 9.53. The molecule has 2 aromatic heterocycles. The highest BCUT2D eigenvalue weighted by Crippen LogP contribution is 2.37. The zero-order valence-corrected chi connectivity index (χ0v) is 16.1. The van der Waals surface area contributed by atoms with Gasteiger partial charge in [0.15, 0.2) is 0 Å². The molecule has 0 aliphatic heterocycles. The molecule has 1 aromatic carbocycles. The third-order valence-electron chi connectivity index (χ3n) is 4.08. The molecule has 0 aliphatic rings. The number of nitrogens with one attached hydrogen (secondary N) is 1. The van der Waals surface area contributed by atoms with Crippen molar-refractivity contribution >= 4 is 28.8 Å². The standard InChI is InChI=1S/C19H19ClFN3OS/c1-3-24-17(12(2)11-23-24)15-10-16(26-18(15)20)19(25)22-8-7-13-5-4-6-14(21)9-13/h4-6,9-11H,3,7-8H2,1-2H3,(H,22,25). The maximum atomic E-state index is 13.2. The quantitative estimate of drug-likeness (QED) is 0.661. The van der Waals surface area contributed by atoms with Crippen LogP contribution in [0.3, 0.4) is 0 Å². The Labute approximate surface area is 160 Å². The summed E-state index contributed by atoms with van der Waals surface area (Å²) in [5.74, 6) is -0.453. The number of carbonyl (C=O) groups excluding carboxylic acids is 1. The van der Waals surface area contributed by atoms with E-state index in [0.29, 0.717) is 22.2 Å². The molecule has 3 aromatic rings. The zero-order chi connectivity index (χ0) is 18.7. The molecule has 2 heterocycles. The second-order valence-corrected chi connectivity index (χ2v) is 7.58. The van der Waals surface area contributed by atoms with E-state index in [0.717, 1.165) is 28.9 Å². The van der Waals surface area contributed by atoms with E-state index < -0.39 is 0 Å². The molecular weight excluding hydrogens is 373 g/mol. The van der Waals surface area contributed by atoms with Crippen molar-refractivity contribution in [2.24, 2.45) is 0 Å². The summed E-state index contributed by atoms with van der Waals surface area (Å²) in [6.07, 6.45) is 2.36. The van der Waals surface area contributed by atoms with Crippen LogP contribution in [-0.2, 0) is 13.0 Å². The lowest BCUT2D eigenvalue weighted by molar-refractivity contribution is 0.0958. The van der Waals surface area contributed by atoms with Gasteiger partial charge < -0.3 is 5.32 Å². The molecule has 0 atom stereocenters. The Morgan fingerprint density at radius 2 is 2.19 bits per heavy atom. The number of hydrogen-bond acceptors (Lipinski definition) is 3. The molecule has 0 saturated heterocycles. The summed E-state index contributed by atoms with van der Waals surface area (Å²) >= 11 is 7.63. The second kappa shape index (κ2) is 8.01. The molecule has 26 heavy (non-hydrogen) atoms. The lowest BCUT2D eigenvalue weighted by atomic mass is 10.1. The average molecular weight is 392 g/mol. The molecule has 0 radical (unpaired) electrons. The van der Waals surface area contributed by atoms with Crippen molar-refractivity contribution in [1.82, 2.24) is 15.1 Å². The number of carbonyl (C=O) groups is 1. The summed E-state index contributed by atoms with van der Waals surface area (Å²) in [6, 6.07) is 8.18. The molecule has 0 saturated carbocycles. The third-order valence-corrected chi connectivity index (χ3v) is 5.43. The predicted molar refractivity (Wildman–Crippen MR) is 103 cm³/mol. The summed E-state index contributed by atoms with van der Waals surface area (Å²) in [4.78, 5) is 13.0. The molecule has 1 amide bonds. The largest absolute Gasteiger partial charge is 0.351 e. The van der Waals surface area contributed by atoms with Crippen LogP contribution in [0.1, 0.15) is 27.7 Å². The van der Waals surface area contributed by atoms with Crippen molar-refractivity contribution in [3.05, 3.63) is 62.7 Å². The minimum Gasteiger partial charge on any atom is -0.351 e. The highest BCUT2D eigenvalue weighted by atomic mass is 35.5. The van der Waals surface area contributed by atoms with Crippen LogP contribution in [0, 0.1) is 12.7 Å². The van der Waals surface area contributed by atoms with Gasteiger partial charge in [0.1, 0.15) is 10.2 Å². The van der Waals surface area contributed by atoms with Crippen LogP contribution in [0.25, 0.3) is 11.3 Å². The van der Waals surface area contributed by atoms with Gasteiger partial charge in [-0.15, -0.1) is 11.3 Å². The zero-order valence-electron chi connectivity index (χ0n) is 14.6. The molecule has 4 nitrogen and oxygen atoms in total. The van der Waals surface area contributed by atoms with Crippen LogP contribution in [0.2, 0.25) is 4.34 Å². The Hall–Kier alpha value is -2.18. The monoisotopic (exact) mass is 391 g/mol. The molecule has 136 valence electrons. The van der Waals surface area contributed by atoms with Crippen molar-refractivity contribution in [2.45, 2.75) is 26.8 Å². The van der Waals surface area contributed by atoms with Crippen molar-refractivity contribution in [1.29, 1.82) is 0 Å². The van der Waals surface area contributed by atoms with Crippen molar-refractivity contribution < 1.29 is 9.18 Å². The first-order chi connectivity index (χ1) is 12.5. The van der Waals surface area contributed by atoms with Crippen LogP contribution in [0.5, 0.6) is 0 Å². The van der Waals surface area contributed by atoms with Crippen LogP contribution in [0.15, 0.2) is 36.5 Å². The summed E-state index contributed by atoms with van der Waals surface area (Å²) < 4.78 is 15.6. The van der Waals surface area contributed by atoms with Crippen LogP contribution >= 0.6 is 22.9 Å². The van der Waals surface area contributed by atoms with Crippen LogP contribution in [-0.4, -0.2) is 22.2 Å². The van der Waals surface area contributed by atoms with E-state index in [1.807, 2.05) is 24.6 Å². The molecule has 7 heteroatoms. The van der Waals surface area contributed by atoms with Crippen molar-refractivity contribution in [2.75, 3.05) is 6.54 Å². The first kappa shape index (κ1) is 18.6. The number of rotatable bonds is 6. The normalized spacial score (nSPS) is 10.9. The van der Waals surface area contributed by atoms with Crippen molar-refractivity contribution in [3.63, 3.8) is 0 Å². The van der Waals surface area contributed by atoms with Crippen LogP contribution in [0.4, 0.5) is 4.39 Å². The number of nitrogens with zero attached hydrogens (tertiary/aromatic N) is 2. The number of thiophene rings is 1. The van der Waals surface area contributed by atoms with E-state index in [2.05, 4.69) is 10.4 Å². The number of halogens is 2. The molecule has 0 unspecified atom stereocenters. The Morgan fingerprint density at radius 3 is 2.92 bits per heavy atom. The molecule has 0 fully saturated rings. The Bertz CT molecular complexity index is 935. The molecule has 0 spiro atoms. The topological polar surface area (TPSA) is 46.9 Å². The summed E-state index contributed by atoms with van der Waals surface area (Å²) in [5.41, 5.74) is 3.62. The van der Waals surface area contributed by atoms with E-state index in [1.54, 1.807) is 18.3 Å². The SMILES string of the molecule is CCn1ncc(C)c1-c1cc(C(=O)NCCc2cccc(F)c2)sc1Cl. The number of benzene rings is 1. The van der Waals surface area contributed by atoms with Gasteiger partial charge in [-0.05, 0) is 49.6 Å². The summed E-state index contributed by atoms with van der Waals surface area (Å²) in [5, 5.41) is 7.19. The molecular formula is C19H19ClFN3OS. The first-order valence-electron chi connectivity index (χ1n) is 8.34. The van der Waals surface area contributed by atoms with Gasteiger partial charge in [-0.2, -0.15) is 5.10 Å². The predicted octanol–water partition coefficient (Wildman–Crippen LogP) is 4.70. The van der Waals surface area contributed by atoms with Gasteiger partial charge in [0.25, 0.3) is 5.91 Å². The number of hydrogen-bond donors (Lipinski definition) is 1. The third kappa shape index (κ3) is 3.97. The van der Waals surface area contributed by atoms with Gasteiger partial charge in [0.05, 0.1) is 16.8 Å². The number of amides is 1. The maximum absolute atomic E-state index is 13.2. The fraction of sp³-hybridized carbons (Fsp3) is 0.263. The van der Waals surface area contributed by atoms with Gasteiger partial charge in [-0.3, -0.25) is 9.48 Å². The van der Waals surface area contributed by atoms with Gasteiger partial charge in [-0.1, -0.05) is 23.7 Å². The van der Waals surface area contributed by atoms with E-state index in [9.17, 15) is 9.18 Å². The molecule has 1 N–H and O–H groups in total. The van der Waals surface area contributed by atoms with Gasteiger partial charge in [0.2, 0.25) is 0 Å². The van der Waals surface area contributed by atoms with E-state index in [1.165, 1.54) is 23.5 Å². The molecule has 3 rings (SSSR count). The second-order valence-electron chi connectivity index (χ2n) is 5.93. The highest BCUT2D eigenvalue weighted by molar-refractivity contribution is 7.18. The summed E-state index contributed by atoms with van der Waals surface area (Å²) in [6.45, 7) is 5.14. The smallest absolute Gasteiger partial charge is 0.261 e. The minimum absolute atomic E-state index is 0.181. The minimum atomic E-state index is -0.272. The highest BCUT2D eigenvalue weighted by Gasteiger charge is 2.19. The number of aromatic nitrogens is 2.